The molecule has 0 aliphatic carbocycles. The summed E-state index contributed by atoms with van der Waals surface area (Å²) in [5.74, 6) is -0.0296. The third-order valence-corrected chi connectivity index (χ3v) is 2.14. The number of nitrogens with one attached hydrogen (secondary N) is 1. The van der Waals surface area contributed by atoms with E-state index < -0.39 is 5.41 Å². The standard InChI is InChI=1S/C12H18N2O/c1-8-5-6-10(9(13)7-8)14-11(15)12(2,3)4/h5-7H,13H2,1-4H3,(H,14,15). The van der Waals surface area contributed by atoms with Crippen molar-refractivity contribution in [1.29, 1.82) is 0 Å². The fourth-order valence-electron chi connectivity index (χ4n) is 1.11. The number of nitrogens with two attached hydrogens (primary N) is 1. The summed E-state index contributed by atoms with van der Waals surface area (Å²) < 4.78 is 0. The maximum atomic E-state index is 11.7. The van der Waals surface area contributed by atoms with Crippen LogP contribution in [0.1, 0.15) is 26.3 Å². The Bertz CT molecular complexity index is 378. The summed E-state index contributed by atoms with van der Waals surface area (Å²) in [6.07, 6.45) is 0. The zero-order valence-electron chi connectivity index (χ0n) is 9.72. The summed E-state index contributed by atoms with van der Waals surface area (Å²) in [4.78, 5) is 11.7. The third-order valence-electron chi connectivity index (χ3n) is 2.14. The van der Waals surface area contributed by atoms with Gasteiger partial charge in [-0.1, -0.05) is 26.8 Å². The molecule has 1 rings (SSSR count). The van der Waals surface area contributed by atoms with Gasteiger partial charge in [0, 0.05) is 5.41 Å². The van der Waals surface area contributed by atoms with Crippen LogP contribution in [0.5, 0.6) is 0 Å². The second-order valence-corrected chi connectivity index (χ2v) is 4.79. The van der Waals surface area contributed by atoms with Gasteiger partial charge in [-0.2, -0.15) is 0 Å². The lowest BCUT2D eigenvalue weighted by Crippen LogP contribution is -2.27. The first-order valence-electron chi connectivity index (χ1n) is 4.98. The maximum absolute atomic E-state index is 11.7. The molecule has 0 aliphatic rings. The first-order chi connectivity index (χ1) is 6.80. The van der Waals surface area contributed by atoms with E-state index in [4.69, 9.17) is 5.73 Å². The van der Waals surface area contributed by atoms with Crippen molar-refractivity contribution < 1.29 is 4.79 Å². The second-order valence-electron chi connectivity index (χ2n) is 4.79. The van der Waals surface area contributed by atoms with Gasteiger partial charge in [0.05, 0.1) is 11.4 Å². The van der Waals surface area contributed by atoms with Crippen LogP contribution in [-0.2, 0) is 4.79 Å². The van der Waals surface area contributed by atoms with Gasteiger partial charge in [0.15, 0.2) is 0 Å². The van der Waals surface area contributed by atoms with Crippen molar-refractivity contribution in [1.82, 2.24) is 0 Å². The molecular formula is C12H18N2O. The Labute approximate surface area is 90.7 Å². The van der Waals surface area contributed by atoms with Crippen LogP contribution in [-0.4, -0.2) is 5.91 Å². The van der Waals surface area contributed by atoms with E-state index in [1.165, 1.54) is 0 Å². The minimum Gasteiger partial charge on any atom is -0.397 e. The van der Waals surface area contributed by atoms with Crippen molar-refractivity contribution in [2.45, 2.75) is 27.7 Å². The highest BCUT2D eigenvalue weighted by molar-refractivity contribution is 5.97. The lowest BCUT2D eigenvalue weighted by molar-refractivity contribution is -0.123. The molecular weight excluding hydrogens is 188 g/mol. The number of benzene rings is 1. The Hall–Kier alpha value is -1.51. The maximum Gasteiger partial charge on any atom is 0.229 e. The van der Waals surface area contributed by atoms with Crippen LogP contribution < -0.4 is 11.1 Å². The molecule has 0 saturated carbocycles. The minimum absolute atomic E-state index is 0.0296. The van der Waals surface area contributed by atoms with Crippen LogP contribution in [0.25, 0.3) is 0 Å². The molecule has 82 valence electrons. The van der Waals surface area contributed by atoms with Gasteiger partial charge in [-0.3, -0.25) is 4.79 Å². The monoisotopic (exact) mass is 206 g/mol. The number of carbonyl (C=O) groups is 1. The Morgan fingerprint density at radius 2 is 1.93 bits per heavy atom. The lowest BCUT2D eigenvalue weighted by atomic mass is 9.95. The average molecular weight is 206 g/mol. The SMILES string of the molecule is Cc1ccc(NC(=O)C(C)(C)C)c(N)c1. The number of hydrogen-bond acceptors (Lipinski definition) is 2. The second kappa shape index (κ2) is 3.93. The molecule has 0 atom stereocenters. The third kappa shape index (κ3) is 2.98. The number of hydrogen-bond donors (Lipinski definition) is 2. The van der Waals surface area contributed by atoms with E-state index >= 15 is 0 Å². The number of rotatable bonds is 1. The molecule has 0 radical (unpaired) electrons. The van der Waals surface area contributed by atoms with Crippen LogP contribution in [0, 0.1) is 12.3 Å². The number of anilines is 2. The van der Waals surface area contributed by atoms with Crippen molar-refractivity contribution in [2.75, 3.05) is 11.1 Å². The Kier molecular flexibility index (Phi) is 3.03. The molecule has 0 unspecified atom stereocenters. The van der Waals surface area contributed by atoms with E-state index in [1.807, 2.05) is 45.9 Å². The molecule has 0 fully saturated rings. The molecule has 0 aromatic heterocycles. The minimum atomic E-state index is -0.405. The summed E-state index contributed by atoms with van der Waals surface area (Å²) in [5.41, 5.74) is 7.76. The average Bonchev–Trinajstić information content (AvgIpc) is 2.08. The molecule has 0 aliphatic heterocycles. The highest BCUT2D eigenvalue weighted by Gasteiger charge is 2.21. The molecule has 1 amide bonds. The normalized spacial score (nSPS) is 11.2. The summed E-state index contributed by atoms with van der Waals surface area (Å²) in [7, 11) is 0. The summed E-state index contributed by atoms with van der Waals surface area (Å²) >= 11 is 0. The van der Waals surface area contributed by atoms with Crippen molar-refractivity contribution >= 4 is 17.3 Å². The number of aryl methyl sites for hydroxylation is 1. The molecule has 0 saturated heterocycles. The number of carbonyl (C=O) groups excluding carboxylic acids is 1. The van der Waals surface area contributed by atoms with E-state index in [0.29, 0.717) is 11.4 Å². The smallest absolute Gasteiger partial charge is 0.229 e. The zero-order valence-corrected chi connectivity index (χ0v) is 9.72. The van der Waals surface area contributed by atoms with Gasteiger partial charge in [-0.05, 0) is 24.6 Å². The number of amides is 1. The first-order valence-corrected chi connectivity index (χ1v) is 4.98. The molecule has 3 N–H and O–H groups in total. The summed E-state index contributed by atoms with van der Waals surface area (Å²) in [5, 5.41) is 2.81. The van der Waals surface area contributed by atoms with Crippen molar-refractivity contribution in [3.8, 4) is 0 Å². The van der Waals surface area contributed by atoms with Gasteiger partial charge in [-0.15, -0.1) is 0 Å². The highest BCUT2D eigenvalue weighted by Crippen LogP contribution is 2.22. The van der Waals surface area contributed by atoms with Crippen molar-refractivity contribution in [3.05, 3.63) is 23.8 Å². The Morgan fingerprint density at radius 3 is 2.40 bits per heavy atom. The largest absolute Gasteiger partial charge is 0.397 e. The predicted octanol–water partition coefficient (Wildman–Crippen LogP) is 2.56. The molecule has 0 spiro atoms. The Morgan fingerprint density at radius 1 is 1.33 bits per heavy atom. The van der Waals surface area contributed by atoms with E-state index in [2.05, 4.69) is 5.32 Å². The lowest BCUT2D eigenvalue weighted by Gasteiger charge is -2.18. The van der Waals surface area contributed by atoms with Crippen molar-refractivity contribution in [2.24, 2.45) is 5.41 Å². The summed E-state index contributed by atoms with van der Waals surface area (Å²) in [6.45, 7) is 7.57. The first kappa shape index (κ1) is 11.6. The Balaban J connectivity index is 2.87. The fourth-order valence-corrected chi connectivity index (χ4v) is 1.11. The van der Waals surface area contributed by atoms with E-state index in [-0.39, 0.29) is 5.91 Å². The molecule has 1 aromatic rings. The molecule has 0 heterocycles. The van der Waals surface area contributed by atoms with Crippen molar-refractivity contribution in [3.63, 3.8) is 0 Å². The van der Waals surface area contributed by atoms with Crippen LogP contribution >= 0.6 is 0 Å². The van der Waals surface area contributed by atoms with Gasteiger partial charge >= 0.3 is 0 Å². The molecule has 0 bridgehead atoms. The molecule has 1 aromatic carbocycles. The molecule has 15 heavy (non-hydrogen) atoms. The highest BCUT2D eigenvalue weighted by atomic mass is 16.2. The molecule has 3 nitrogen and oxygen atoms in total. The topological polar surface area (TPSA) is 55.1 Å². The zero-order chi connectivity index (χ0) is 11.6. The van der Waals surface area contributed by atoms with Gasteiger partial charge in [-0.25, -0.2) is 0 Å². The molecule has 3 heteroatoms. The fraction of sp³-hybridized carbons (Fsp3) is 0.417. The quantitative estimate of drug-likeness (QED) is 0.694. The van der Waals surface area contributed by atoms with Crippen LogP contribution in [0.3, 0.4) is 0 Å². The van der Waals surface area contributed by atoms with Crippen LogP contribution in [0.4, 0.5) is 11.4 Å². The van der Waals surface area contributed by atoms with Gasteiger partial charge in [0.2, 0.25) is 5.91 Å². The summed E-state index contributed by atoms with van der Waals surface area (Å²) in [6, 6.07) is 5.60. The van der Waals surface area contributed by atoms with Gasteiger partial charge in [0.25, 0.3) is 0 Å². The van der Waals surface area contributed by atoms with E-state index in [9.17, 15) is 4.79 Å². The van der Waals surface area contributed by atoms with Crippen LogP contribution in [0.2, 0.25) is 0 Å². The predicted molar refractivity (Wildman–Crippen MR) is 63.7 cm³/mol. The van der Waals surface area contributed by atoms with E-state index in [1.54, 1.807) is 0 Å². The van der Waals surface area contributed by atoms with Gasteiger partial charge < -0.3 is 11.1 Å². The van der Waals surface area contributed by atoms with E-state index in [0.717, 1.165) is 5.56 Å². The van der Waals surface area contributed by atoms with Gasteiger partial charge in [0.1, 0.15) is 0 Å². The van der Waals surface area contributed by atoms with Crippen LogP contribution in [0.15, 0.2) is 18.2 Å². The number of nitrogen functional groups attached to an aromatic ring is 1.